The van der Waals surface area contributed by atoms with E-state index in [4.69, 9.17) is 37.9 Å². The Morgan fingerprint density at radius 2 is 1.64 bits per heavy atom. The molecule has 2 fully saturated rings. The summed E-state index contributed by atoms with van der Waals surface area (Å²) in [4.78, 5) is 30.0. The fraction of sp³-hybridized carbons (Fsp3) is 0.822. The minimum atomic E-state index is -1.74. The second-order valence-electron chi connectivity index (χ2n) is 18.3. The minimum Gasteiger partial charge on any atom is -0.459 e. The summed E-state index contributed by atoms with van der Waals surface area (Å²) in [7, 11) is 6.75. The summed E-state index contributed by atoms with van der Waals surface area (Å²) in [5.41, 5.74) is -3.79. The first-order valence-electron chi connectivity index (χ1n) is 21.6. The van der Waals surface area contributed by atoms with E-state index in [9.17, 15) is 35.1 Å². The molecule has 16 nitrogen and oxygen atoms in total. The summed E-state index contributed by atoms with van der Waals surface area (Å²) in [5, 5.41) is 53.4. The van der Waals surface area contributed by atoms with Crippen molar-refractivity contribution in [2.24, 2.45) is 17.8 Å². The molecule has 2 aliphatic heterocycles. The van der Waals surface area contributed by atoms with E-state index in [2.05, 4.69) is 0 Å². The van der Waals surface area contributed by atoms with Crippen molar-refractivity contribution in [1.82, 2.24) is 4.90 Å². The van der Waals surface area contributed by atoms with Crippen molar-refractivity contribution < 1.29 is 73.0 Å². The Morgan fingerprint density at radius 3 is 2.16 bits per heavy atom. The quantitative estimate of drug-likeness (QED) is 0.106. The lowest BCUT2D eigenvalue weighted by Crippen LogP contribution is -2.61. The Kier molecular flexibility index (Phi) is 19.6. The van der Waals surface area contributed by atoms with Gasteiger partial charge in [-0.1, -0.05) is 39.0 Å². The van der Waals surface area contributed by atoms with Crippen LogP contribution in [-0.2, 0) is 42.7 Å². The number of methoxy groups -OCH3 is 2. The van der Waals surface area contributed by atoms with Gasteiger partial charge in [-0.3, -0.25) is 4.79 Å². The van der Waals surface area contributed by atoms with Gasteiger partial charge in [0.2, 0.25) is 0 Å². The van der Waals surface area contributed by atoms with Crippen LogP contribution < -0.4 is 0 Å². The van der Waals surface area contributed by atoms with E-state index in [-0.39, 0.29) is 31.4 Å². The van der Waals surface area contributed by atoms with Crippen molar-refractivity contribution in [3.8, 4) is 0 Å². The molecule has 16 heteroatoms. The van der Waals surface area contributed by atoms with Gasteiger partial charge in [-0.05, 0) is 99.9 Å². The van der Waals surface area contributed by atoms with Gasteiger partial charge in [0.1, 0.15) is 17.8 Å². The van der Waals surface area contributed by atoms with Crippen molar-refractivity contribution in [2.45, 2.75) is 185 Å². The number of hydrogen-bond acceptors (Lipinski definition) is 16. The highest BCUT2D eigenvalue weighted by molar-refractivity contribution is 5.89. The zero-order chi connectivity index (χ0) is 46.2. The Morgan fingerprint density at radius 1 is 1.02 bits per heavy atom. The number of likely N-dealkylation sites (N-methyl/N-ethyl adjacent to an activating group) is 1. The second-order valence-corrected chi connectivity index (χ2v) is 18.3. The molecule has 4 unspecified atom stereocenters. The van der Waals surface area contributed by atoms with Crippen LogP contribution in [0.2, 0.25) is 0 Å². The van der Waals surface area contributed by atoms with Crippen molar-refractivity contribution in [2.75, 3.05) is 34.9 Å². The van der Waals surface area contributed by atoms with E-state index in [1.165, 1.54) is 28.1 Å². The van der Waals surface area contributed by atoms with Crippen molar-refractivity contribution in [3.63, 3.8) is 0 Å². The van der Waals surface area contributed by atoms with Crippen LogP contribution in [0, 0.1) is 17.8 Å². The molecular weight excluding hydrogens is 794 g/mol. The Balaban J connectivity index is 2.24. The third-order valence-electron chi connectivity index (χ3n) is 12.9. The molecule has 2 heterocycles. The molecule has 1 aromatic rings. The molecule has 5 N–H and O–H groups in total. The fourth-order valence-electron chi connectivity index (χ4n) is 8.82. The average molecular weight is 872 g/mol. The predicted octanol–water partition coefficient (Wildman–Crippen LogP) is 3.46. The fourth-order valence-corrected chi connectivity index (χ4v) is 8.82. The third-order valence-corrected chi connectivity index (χ3v) is 12.9. The highest BCUT2D eigenvalue weighted by atomic mass is 16.7. The van der Waals surface area contributed by atoms with E-state index in [0.29, 0.717) is 12.0 Å². The number of benzene rings is 1. The Labute approximate surface area is 363 Å². The van der Waals surface area contributed by atoms with Gasteiger partial charge in [-0.25, -0.2) is 4.79 Å². The van der Waals surface area contributed by atoms with Crippen molar-refractivity contribution in [3.05, 3.63) is 35.9 Å². The maximum absolute atomic E-state index is 14.3. The molecule has 0 aliphatic carbocycles. The molecule has 0 aromatic heterocycles. The Bertz CT molecular complexity index is 1500. The van der Waals surface area contributed by atoms with Gasteiger partial charge in [0.15, 0.2) is 18.7 Å². The summed E-state index contributed by atoms with van der Waals surface area (Å²) in [6, 6.07) is 8.24. The first-order valence-corrected chi connectivity index (χ1v) is 21.6. The lowest BCUT2D eigenvalue weighted by atomic mass is 9.76. The van der Waals surface area contributed by atoms with Gasteiger partial charge in [-0.15, -0.1) is 0 Å². The molecule has 0 radical (unpaired) electrons. The third kappa shape index (κ3) is 13.1. The summed E-state index contributed by atoms with van der Waals surface area (Å²) in [6.45, 7) is 16.3. The summed E-state index contributed by atoms with van der Waals surface area (Å²) in [6.07, 6.45) is -9.79. The number of rotatable bonds is 22. The maximum Gasteiger partial charge on any atom is 0.338 e. The number of carbonyl (C=O) groups excluding carboxylic acids is 2. The number of aliphatic hydroxyl groups excluding tert-OH is 4. The molecule has 2 saturated heterocycles. The number of carbonyl (C=O) groups is 2. The average Bonchev–Trinajstić information content (AvgIpc) is 3.22. The molecule has 0 amide bonds. The summed E-state index contributed by atoms with van der Waals surface area (Å²) >= 11 is 0. The number of ether oxygens (including phenoxy) is 8. The molecule has 18 atom stereocenters. The molecule has 3 rings (SSSR count). The first-order chi connectivity index (χ1) is 28.4. The highest BCUT2D eigenvalue weighted by Crippen LogP contribution is 2.41. The largest absolute Gasteiger partial charge is 0.459 e. The SMILES string of the molecule is CC[C@@H](OC(=O)[C@H](C)[C@@H](OC1C[C@@](C)(OC)[C@@H](O)[C@H](C)O1)[C@H](C)[C@@H](OC1O[C@H](C)C[C@H](N(C)C)[C@H]1OC(=O)c1ccccc1)[C@@](C)(C[C@@H](C)C(O)C(C)O)OC)[C@@](C)(O)CO. The van der Waals surface area contributed by atoms with E-state index >= 15 is 0 Å². The van der Waals surface area contributed by atoms with Gasteiger partial charge in [0.05, 0.1) is 72.0 Å². The normalized spacial score (nSPS) is 32.0. The molecule has 0 spiro atoms. The van der Waals surface area contributed by atoms with Gasteiger partial charge < -0.3 is 68.3 Å². The van der Waals surface area contributed by atoms with E-state index in [0.717, 1.165) is 0 Å². The molecule has 352 valence electrons. The zero-order valence-corrected chi connectivity index (χ0v) is 38.8. The smallest absolute Gasteiger partial charge is 0.338 e. The topological polar surface area (TPSA) is 212 Å². The van der Waals surface area contributed by atoms with E-state index in [1.807, 2.05) is 32.8 Å². The second kappa shape index (κ2) is 22.5. The molecule has 2 aliphatic rings. The molecule has 0 bridgehead atoms. The highest BCUT2D eigenvalue weighted by Gasteiger charge is 2.53. The predicted molar refractivity (Wildman–Crippen MR) is 225 cm³/mol. The van der Waals surface area contributed by atoms with Gasteiger partial charge >= 0.3 is 11.9 Å². The van der Waals surface area contributed by atoms with Gasteiger partial charge in [0, 0.05) is 26.6 Å². The van der Waals surface area contributed by atoms with E-state index in [1.54, 1.807) is 71.9 Å². The van der Waals surface area contributed by atoms with Crippen LogP contribution in [0.5, 0.6) is 0 Å². The summed E-state index contributed by atoms with van der Waals surface area (Å²) in [5.74, 6) is -3.78. The minimum absolute atomic E-state index is 0.0762. The van der Waals surface area contributed by atoms with Crippen LogP contribution in [0.25, 0.3) is 0 Å². The molecule has 1 aromatic carbocycles. The first kappa shape index (κ1) is 53.0. The monoisotopic (exact) mass is 872 g/mol. The van der Waals surface area contributed by atoms with Gasteiger partial charge in [-0.2, -0.15) is 0 Å². The van der Waals surface area contributed by atoms with Crippen LogP contribution in [-0.4, -0.2) is 168 Å². The van der Waals surface area contributed by atoms with Gasteiger partial charge in [0.25, 0.3) is 0 Å². The number of nitrogens with zero attached hydrogens (tertiary/aromatic N) is 1. The molecule has 61 heavy (non-hydrogen) atoms. The zero-order valence-electron chi connectivity index (χ0n) is 38.8. The van der Waals surface area contributed by atoms with Crippen LogP contribution in [0.3, 0.4) is 0 Å². The summed E-state index contributed by atoms with van der Waals surface area (Å²) < 4.78 is 51.0. The van der Waals surface area contributed by atoms with Crippen LogP contribution in [0.1, 0.15) is 105 Å². The lowest BCUT2D eigenvalue weighted by molar-refractivity contribution is -0.319. The van der Waals surface area contributed by atoms with Crippen molar-refractivity contribution >= 4 is 11.9 Å². The maximum atomic E-state index is 14.3. The van der Waals surface area contributed by atoms with Crippen LogP contribution in [0.4, 0.5) is 0 Å². The number of esters is 2. The number of hydrogen-bond donors (Lipinski definition) is 5. The van der Waals surface area contributed by atoms with Crippen LogP contribution in [0.15, 0.2) is 30.3 Å². The standard InChI is InChI=1S/C45H77NO15/c1-15-33(43(8,53)24-47)58-40(51)28(5)36(59-34-23-44(9,54-13)38(50)30(7)57-34)27(4)39(45(10,55-14)22-25(2)35(49)29(6)48)61-42-37(32(46(11)12)21-26(3)56-42)60-41(52)31-19-17-16-18-20-31/h16-20,25-30,32-39,42,47-50,53H,15,21-24H2,1-14H3/t25-,26-,27+,28-,29?,30+,32+,33-,34?,35?,36+,37-,38+,39-,42?,43+,44-,45-/m1/s1. The molecule has 0 saturated carbocycles. The number of aliphatic hydroxyl groups is 5. The van der Waals surface area contributed by atoms with Crippen LogP contribution >= 0.6 is 0 Å². The Hall–Kier alpha value is -2.32. The van der Waals surface area contributed by atoms with Crippen molar-refractivity contribution in [1.29, 1.82) is 0 Å². The molecular formula is C45H77NO15. The van der Waals surface area contributed by atoms with E-state index < -0.39 is 115 Å². The lowest BCUT2D eigenvalue weighted by Gasteiger charge is -2.50.